The molecule has 1 atom stereocenters. The second kappa shape index (κ2) is 6.44. The molecule has 0 spiro atoms. The predicted molar refractivity (Wildman–Crippen MR) is 71.6 cm³/mol. The lowest BCUT2D eigenvalue weighted by Crippen LogP contribution is -2.23. The maximum absolute atomic E-state index is 3.61. The van der Waals surface area contributed by atoms with Crippen molar-refractivity contribution in [3.8, 4) is 11.8 Å². The first-order valence-corrected chi connectivity index (χ1v) is 6.33. The normalized spacial score (nSPS) is 18.8. The Morgan fingerprint density at radius 1 is 1.41 bits per heavy atom. The molecule has 1 heterocycles. The molecule has 1 aromatic carbocycles. The first-order valence-electron chi connectivity index (χ1n) is 6.33. The lowest BCUT2D eigenvalue weighted by atomic mass is 9.99. The number of fused-ring (bicyclic) bond motifs is 1. The Balaban J connectivity index is 2.03. The van der Waals surface area contributed by atoms with Crippen molar-refractivity contribution in [2.24, 2.45) is 0 Å². The fourth-order valence-electron chi connectivity index (χ4n) is 2.31. The molecule has 2 rings (SSSR count). The van der Waals surface area contributed by atoms with Crippen molar-refractivity contribution in [3.63, 3.8) is 0 Å². The van der Waals surface area contributed by atoms with Gasteiger partial charge in [0.05, 0.1) is 0 Å². The van der Waals surface area contributed by atoms with Gasteiger partial charge >= 0.3 is 0 Å². The zero-order chi connectivity index (χ0) is 11.9. The van der Waals surface area contributed by atoms with Gasteiger partial charge in [0.1, 0.15) is 0 Å². The minimum atomic E-state index is 0.472. The van der Waals surface area contributed by atoms with Gasteiger partial charge in [-0.2, -0.15) is 0 Å². The van der Waals surface area contributed by atoms with Crippen LogP contribution in [0.5, 0.6) is 0 Å². The summed E-state index contributed by atoms with van der Waals surface area (Å²) in [6.07, 6.45) is 2.08. The van der Waals surface area contributed by atoms with Gasteiger partial charge in [0, 0.05) is 25.6 Å². The van der Waals surface area contributed by atoms with E-state index in [-0.39, 0.29) is 0 Å². The fraction of sp³-hybridized carbons (Fsp3) is 0.467. The molecule has 0 aromatic heterocycles. The van der Waals surface area contributed by atoms with Crippen molar-refractivity contribution in [1.29, 1.82) is 0 Å². The van der Waals surface area contributed by atoms with Crippen LogP contribution in [0.1, 0.15) is 36.9 Å². The van der Waals surface area contributed by atoms with Gasteiger partial charge in [-0.15, -0.1) is 11.8 Å². The summed E-state index contributed by atoms with van der Waals surface area (Å²) in [5.41, 5.74) is 2.87. The molecular formula is C15H20N2. The Kier molecular flexibility index (Phi) is 4.61. The zero-order valence-electron chi connectivity index (χ0n) is 10.4. The molecule has 1 aliphatic rings. The van der Waals surface area contributed by atoms with Crippen LogP contribution in [0.15, 0.2) is 24.3 Å². The number of hydrogen-bond donors (Lipinski definition) is 2. The van der Waals surface area contributed by atoms with Gasteiger partial charge in [0.2, 0.25) is 0 Å². The van der Waals surface area contributed by atoms with Crippen LogP contribution < -0.4 is 10.6 Å². The molecule has 2 heteroatoms. The minimum absolute atomic E-state index is 0.472. The maximum atomic E-state index is 3.61. The van der Waals surface area contributed by atoms with Crippen LogP contribution in [-0.4, -0.2) is 13.1 Å². The standard InChI is InChI=1S/C15H20N2/c1-2-3-6-10-17-15-9-11-16-12-13-7-4-5-8-14(13)15/h4-5,7-8,15-17H,6,9-12H2,1H3. The average Bonchev–Trinajstić information content (AvgIpc) is 2.57. The Morgan fingerprint density at radius 3 is 3.18 bits per heavy atom. The average molecular weight is 228 g/mol. The summed E-state index contributed by atoms with van der Waals surface area (Å²) in [5.74, 6) is 6.03. The number of hydrogen-bond acceptors (Lipinski definition) is 2. The first-order chi connectivity index (χ1) is 8.42. The molecule has 0 saturated heterocycles. The highest BCUT2D eigenvalue weighted by atomic mass is 14.9. The highest BCUT2D eigenvalue weighted by Gasteiger charge is 2.16. The fourth-order valence-corrected chi connectivity index (χ4v) is 2.31. The second-order valence-electron chi connectivity index (χ2n) is 4.35. The summed E-state index contributed by atoms with van der Waals surface area (Å²) in [6, 6.07) is 9.18. The number of rotatable bonds is 3. The smallest absolute Gasteiger partial charge is 0.0335 e. The zero-order valence-corrected chi connectivity index (χ0v) is 10.4. The molecule has 0 amide bonds. The van der Waals surface area contributed by atoms with Crippen molar-refractivity contribution in [3.05, 3.63) is 35.4 Å². The van der Waals surface area contributed by atoms with Crippen molar-refractivity contribution in [2.45, 2.75) is 32.4 Å². The van der Waals surface area contributed by atoms with Gasteiger partial charge in [0.15, 0.2) is 0 Å². The molecule has 2 N–H and O–H groups in total. The third-order valence-corrected chi connectivity index (χ3v) is 3.17. The van der Waals surface area contributed by atoms with Gasteiger partial charge < -0.3 is 10.6 Å². The van der Waals surface area contributed by atoms with E-state index in [1.165, 1.54) is 11.1 Å². The largest absolute Gasteiger partial charge is 0.313 e. The molecule has 0 fully saturated rings. The molecule has 90 valence electrons. The topological polar surface area (TPSA) is 24.1 Å². The van der Waals surface area contributed by atoms with Gasteiger partial charge in [-0.1, -0.05) is 24.3 Å². The molecule has 1 aliphatic heterocycles. The van der Waals surface area contributed by atoms with E-state index in [1.807, 2.05) is 6.92 Å². The molecule has 1 aromatic rings. The van der Waals surface area contributed by atoms with E-state index in [4.69, 9.17) is 0 Å². The van der Waals surface area contributed by atoms with Crippen LogP contribution in [0.25, 0.3) is 0 Å². The monoisotopic (exact) mass is 228 g/mol. The summed E-state index contributed by atoms with van der Waals surface area (Å²) < 4.78 is 0. The third kappa shape index (κ3) is 3.33. The van der Waals surface area contributed by atoms with Gasteiger partial charge in [0.25, 0.3) is 0 Å². The van der Waals surface area contributed by atoms with Crippen LogP contribution in [-0.2, 0) is 6.54 Å². The second-order valence-corrected chi connectivity index (χ2v) is 4.35. The molecule has 1 unspecified atom stereocenters. The molecule has 0 saturated carbocycles. The Hall–Kier alpha value is -1.30. The number of nitrogens with one attached hydrogen (secondary N) is 2. The van der Waals surface area contributed by atoms with E-state index in [0.29, 0.717) is 6.04 Å². The molecule has 2 nitrogen and oxygen atoms in total. The van der Waals surface area contributed by atoms with E-state index >= 15 is 0 Å². The van der Waals surface area contributed by atoms with E-state index in [2.05, 4.69) is 46.7 Å². The van der Waals surface area contributed by atoms with Gasteiger partial charge in [-0.05, 0) is 31.0 Å². The third-order valence-electron chi connectivity index (χ3n) is 3.17. The minimum Gasteiger partial charge on any atom is -0.313 e. The van der Waals surface area contributed by atoms with Crippen LogP contribution in [0, 0.1) is 11.8 Å². The molecule has 17 heavy (non-hydrogen) atoms. The Morgan fingerprint density at radius 2 is 2.29 bits per heavy atom. The van der Waals surface area contributed by atoms with Crippen molar-refractivity contribution in [2.75, 3.05) is 13.1 Å². The molecule has 0 aliphatic carbocycles. The van der Waals surface area contributed by atoms with Crippen LogP contribution in [0.4, 0.5) is 0 Å². The van der Waals surface area contributed by atoms with Crippen molar-refractivity contribution in [1.82, 2.24) is 10.6 Å². The summed E-state index contributed by atoms with van der Waals surface area (Å²) in [4.78, 5) is 0. The van der Waals surface area contributed by atoms with Gasteiger partial charge in [-0.25, -0.2) is 0 Å². The lowest BCUT2D eigenvalue weighted by Gasteiger charge is -2.18. The molecule has 0 bridgehead atoms. The van der Waals surface area contributed by atoms with E-state index in [9.17, 15) is 0 Å². The van der Waals surface area contributed by atoms with Gasteiger partial charge in [-0.3, -0.25) is 0 Å². The van der Waals surface area contributed by atoms with Crippen molar-refractivity contribution < 1.29 is 0 Å². The van der Waals surface area contributed by atoms with E-state index < -0.39 is 0 Å². The van der Waals surface area contributed by atoms with E-state index in [0.717, 1.165) is 32.5 Å². The summed E-state index contributed by atoms with van der Waals surface area (Å²) in [6.45, 7) is 4.93. The SMILES string of the molecule is CC#CCCNC1CCNCc2ccccc21. The maximum Gasteiger partial charge on any atom is 0.0335 e. The Labute approximate surface area is 104 Å². The lowest BCUT2D eigenvalue weighted by molar-refractivity contribution is 0.503. The summed E-state index contributed by atoms with van der Waals surface area (Å²) >= 11 is 0. The van der Waals surface area contributed by atoms with Crippen LogP contribution >= 0.6 is 0 Å². The quantitative estimate of drug-likeness (QED) is 0.612. The van der Waals surface area contributed by atoms with E-state index in [1.54, 1.807) is 0 Å². The highest BCUT2D eigenvalue weighted by Crippen LogP contribution is 2.23. The predicted octanol–water partition coefficient (Wildman–Crippen LogP) is 2.22. The molecule has 0 radical (unpaired) electrons. The number of benzene rings is 1. The highest BCUT2D eigenvalue weighted by molar-refractivity contribution is 5.31. The van der Waals surface area contributed by atoms with Crippen LogP contribution in [0.2, 0.25) is 0 Å². The summed E-state index contributed by atoms with van der Waals surface area (Å²) in [7, 11) is 0. The van der Waals surface area contributed by atoms with Crippen LogP contribution in [0.3, 0.4) is 0 Å². The Bertz CT molecular complexity index is 414. The first kappa shape index (κ1) is 12.2. The molecular weight excluding hydrogens is 208 g/mol. The van der Waals surface area contributed by atoms with Crippen molar-refractivity contribution >= 4 is 0 Å². The summed E-state index contributed by atoms with van der Waals surface area (Å²) in [5, 5.41) is 7.08.